The summed E-state index contributed by atoms with van der Waals surface area (Å²) < 4.78 is 12.6. The van der Waals surface area contributed by atoms with Crippen molar-refractivity contribution in [2.24, 2.45) is 22.7 Å². The van der Waals surface area contributed by atoms with Gasteiger partial charge in [0.05, 0.1) is 11.2 Å². The summed E-state index contributed by atoms with van der Waals surface area (Å²) in [5.74, 6) is 0.731. The highest BCUT2D eigenvalue weighted by Gasteiger charge is 2.65. The Kier molecular flexibility index (Phi) is 4.42. The van der Waals surface area contributed by atoms with Crippen LogP contribution in [0.15, 0.2) is 12.7 Å². The summed E-state index contributed by atoms with van der Waals surface area (Å²) in [6.07, 6.45) is 8.53. The Hall–Kier alpha value is -0.830. The molecular weight excluding hydrogens is 312 g/mol. The summed E-state index contributed by atoms with van der Waals surface area (Å²) in [4.78, 5) is 11.9. The van der Waals surface area contributed by atoms with Crippen LogP contribution >= 0.6 is 0 Å². The number of rotatable bonds is 2. The lowest BCUT2D eigenvalue weighted by Gasteiger charge is -2.66. The maximum absolute atomic E-state index is 11.9. The molecule has 0 spiro atoms. The van der Waals surface area contributed by atoms with Crippen LogP contribution in [0.2, 0.25) is 0 Å². The van der Waals surface area contributed by atoms with Gasteiger partial charge in [-0.25, -0.2) is 0 Å². The van der Waals surface area contributed by atoms with Gasteiger partial charge in [-0.2, -0.15) is 0 Å². The first-order chi connectivity index (χ1) is 11.5. The molecule has 0 unspecified atom stereocenters. The fourth-order valence-corrected chi connectivity index (χ4v) is 7.03. The highest BCUT2D eigenvalue weighted by atomic mass is 16.6. The minimum Gasteiger partial charge on any atom is -0.462 e. The third-order valence-electron chi connectivity index (χ3n) is 7.75. The molecule has 0 aromatic heterocycles. The SMILES string of the molecule is C=C[C@]1(C)CC[C@H]2[C@]3(C)CCCC(C)(C)[C@H]3[C@@H](OC(C)=O)C[C@]2(C)O1. The molecule has 2 aliphatic carbocycles. The van der Waals surface area contributed by atoms with E-state index in [1.165, 1.54) is 26.2 Å². The van der Waals surface area contributed by atoms with Crippen molar-refractivity contribution in [3.8, 4) is 0 Å². The molecular formula is C22H36O3. The number of hydrogen-bond acceptors (Lipinski definition) is 3. The van der Waals surface area contributed by atoms with E-state index in [2.05, 4.69) is 41.2 Å². The normalized spacial score (nSPS) is 48.8. The largest absolute Gasteiger partial charge is 0.462 e. The van der Waals surface area contributed by atoms with E-state index >= 15 is 0 Å². The second-order valence-electron chi connectivity index (χ2n) is 10.2. The highest BCUT2D eigenvalue weighted by Crippen LogP contribution is 2.66. The van der Waals surface area contributed by atoms with Gasteiger partial charge in [-0.3, -0.25) is 4.79 Å². The van der Waals surface area contributed by atoms with Crippen molar-refractivity contribution in [2.45, 2.75) is 97.4 Å². The maximum Gasteiger partial charge on any atom is 0.302 e. The van der Waals surface area contributed by atoms with Crippen LogP contribution in [-0.4, -0.2) is 23.3 Å². The van der Waals surface area contributed by atoms with Gasteiger partial charge in [0, 0.05) is 19.3 Å². The molecule has 0 aromatic carbocycles. The van der Waals surface area contributed by atoms with Gasteiger partial charge in [-0.15, -0.1) is 6.58 Å². The predicted molar refractivity (Wildman–Crippen MR) is 100 cm³/mol. The van der Waals surface area contributed by atoms with Gasteiger partial charge >= 0.3 is 5.97 Å². The standard InChI is InChI=1S/C22H36O3/c1-8-20(5)13-10-17-21(6)12-9-11-19(3,4)18(21)16(24-15(2)23)14-22(17,7)25-20/h8,16-18H,1,9-14H2,2-7H3/t16-,17-,18+,20+,21-,22-/m0/s1. The van der Waals surface area contributed by atoms with Crippen LogP contribution in [0.1, 0.15) is 80.1 Å². The van der Waals surface area contributed by atoms with Gasteiger partial charge in [0.1, 0.15) is 6.10 Å². The van der Waals surface area contributed by atoms with Crippen molar-refractivity contribution in [2.75, 3.05) is 0 Å². The van der Waals surface area contributed by atoms with Gasteiger partial charge in [-0.05, 0) is 56.3 Å². The number of esters is 1. The van der Waals surface area contributed by atoms with Crippen molar-refractivity contribution >= 4 is 5.97 Å². The van der Waals surface area contributed by atoms with E-state index in [4.69, 9.17) is 9.47 Å². The molecule has 0 radical (unpaired) electrons. The van der Waals surface area contributed by atoms with Gasteiger partial charge in [-0.1, -0.05) is 33.3 Å². The van der Waals surface area contributed by atoms with Crippen LogP contribution in [0, 0.1) is 22.7 Å². The van der Waals surface area contributed by atoms with Crippen LogP contribution in [-0.2, 0) is 14.3 Å². The average molecular weight is 349 g/mol. The molecule has 25 heavy (non-hydrogen) atoms. The van der Waals surface area contributed by atoms with Gasteiger partial charge in [0.15, 0.2) is 0 Å². The topological polar surface area (TPSA) is 35.5 Å². The Morgan fingerprint density at radius 3 is 2.44 bits per heavy atom. The minimum absolute atomic E-state index is 0.0637. The summed E-state index contributed by atoms with van der Waals surface area (Å²) >= 11 is 0. The van der Waals surface area contributed by atoms with Crippen molar-refractivity contribution in [1.29, 1.82) is 0 Å². The number of carbonyl (C=O) groups excluding carboxylic acids is 1. The lowest BCUT2D eigenvalue weighted by Crippen LogP contribution is -2.67. The maximum atomic E-state index is 11.9. The molecule has 142 valence electrons. The summed E-state index contributed by atoms with van der Waals surface area (Å²) in [5, 5.41) is 0. The first-order valence-corrected chi connectivity index (χ1v) is 9.97. The second kappa shape index (κ2) is 5.84. The van der Waals surface area contributed by atoms with Gasteiger partial charge in [0.2, 0.25) is 0 Å². The third kappa shape index (κ3) is 2.97. The van der Waals surface area contributed by atoms with Crippen LogP contribution < -0.4 is 0 Å². The molecule has 0 aromatic rings. The monoisotopic (exact) mass is 348 g/mol. The van der Waals surface area contributed by atoms with Crippen LogP contribution in [0.25, 0.3) is 0 Å². The fourth-order valence-electron chi connectivity index (χ4n) is 7.03. The van der Waals surface area contributed by atoms with Crippen molar-refractivity contribution in [3.05, 3.63) is 12.7 Å². The number of carbonyl (C=O) groups is 1. The van der Waals surface area contributed by atoms with E-state index in [0.29, 0.717) is 11.8 Å². The zero-order valence-corrected chi connectivity index (χ0v) is 17.0. The third-order valence-corrected chi connectivity index (χ3v) is 7.75. The zero-order valence-electron chi connectivity index (χ0n) is 17.0. The lowest BCUT2D eigenvalue weighted by molar-refractivity contribution is -0.279. The Morgan fingerprint density at radius 2 is 1.84 bits per heavy atom. The number of hydrogen-bond donors (Lipinski definition) is 0. The number of fused-ring (bicyclic) bond motifs is 3. The molecule has 3 nitrogen and oxygen atoms in total. The second-order valence-corrected chi connectivity index (χ2v) is 10.2. The van der Waals surface area contributed by atoms with E-state index in [9.17, 15) is 4.79 Å². The van der Waals surface area contributed by atoms with Crippen molar-refractivity contribution in [3.63, 3.8) is 0 Å². The van der Waals surface area contributed by atoms with E-state index in [1.54, 1.807) is 0 Å². The van der Waals surface area contributed by atoms with Crippen molar-refractivity contribution < 1.29 is 14.3 Å². The van der Waals surface area contributed by atoms with Crippen molar-refractivity contribution in [1.82, 2.24) is 0 Å². The summed E-state index contributed by atoms with van der Waals surface area (Å²) in [6, 6.07) is 0. The van der Waals surface area contributed by atoms with E-state index in [-0.39, 0.29) is 34.1 Å². The molecule has 1 aliphatic heterocycles. The minimum atomic E-state index is -0.278. The van der Waals surface area contributed by atoms with E-state index in [1.807, 2.05) is 6.08 Å². The summed E-state index contributed by atoms with van der Waals surface area (Å²) in [6.45, 7) is 17.1. The molecule has 0 amide bonds. The Labute approximate surface area is 153 Å². The predicted octanol–water partition coefficient (Wildman–Crippen LogP) is 5.28. The van der Waals surface area contributed by atoms with E-state index < -0.39 is 0 Å². The molecule has 3 fully saturated rings. The number of ether oxygens (including phenoxy) is 2. The molecule has 2 saturated carbocycles. The molecule has 3 heteroatoms. The lowest BCUT2D eigenvalue weighted by atomic mass is 9.43. The first-order valence-electron chi connectivity index (χ1n) is 9.97. The van der Waals surface area contributed by atoms with E-state index in [0.717, 1.165) is 19.3 Å². The fraction of sp³-hybridized carbons (Fsp3) is 0.864. The molecule has 3 rings (SSSR count). The average Bonchev–Trinajstić information content (AvgIpc) is 2.43. The quantitative estimate of drug-likeness (QED) is 0.503. The molecule has 0 bridgehead atoms. The van der Waals surface area contributed by atoms with Gasteiger partial charge < -0.3 is 9.47 Å². The highest BCUT2D eigenvalue weighted by molar-refractivity contribution is 5.66. The zero-order chi connectivity index (χ0) is 18.7. The Bertz CT molecular complexity index is 568. The molecule has 1 heterocycles. The van der Waals surface area contributed by atoms with Gasteiger partial charge in [0.25, 0.3) is 0 Å². The first kappa shape index (κ1) is 18.9. The molecule has 6 atom stereocenters. The Morgan fingerprint density at radius 1 is 1.16 bits per heavy atom. The van der Waals surface area contributed by atoms with Crippen LogP contribution in [0.4, 0.5) is 0 Å². The smallest absolute Gasteiger partial charge is 0.302 e. The summed E-state index contributed by atoms with van der Waals surface area (Å²) in [5.41, 5.74) is -0.204. The molecule has 1 saturated heterocycles. The van der Waals surface area contributed by atoms with Crippen LogP contribution in [0.3, 0.4) is 0 Å². The molecule has 3 aliphatic rings. The summed E-state index contributed by atoms with van der Waals surface area (Å²) in [7, 11) is 0. The Balaban J connectivity index is 2.05. The van der Waals surface area contributed by atoms with Crippen LogP contribution in [0.5, 0.6) is 0 Å². The molecule has 0 N–H and O–H groups in total.